The number of hydrogen-bond donors (Lipinski definition) is 0. The van der Waals surface area contributed by atoms with Gasteiger partial charge in [0.05, 0.1) is 112 Å². The van der Waals surface area contributed by atoms with Gasteiger partial charge >= 0.3 is 63.1 Å². The normalized spacial score (nSPS) is 10.9. The second-order valence-corrected chi connectivity index (χ2v) is 37.1. The zero-order chi connectivity index (χ0) is 99.2. The van der Waals surface area contributed by atoms with E-state index in [1.165, 1.54) is 149 Å². The Morgan fingerprint density at radius 3 is 0.576 bits per heavy atom. The molecule has 6 aromatic rings. The molecule has 139 heavy (non-hydrogen) atoms. The molecule has 6 rings (SSSR count). The van der Waals surface area contributed by atoms with Crippen molar-refractivity contribution in [2.75, 3.05) is 79.3 Å². The number of thiazole rings is 2. The molecule has 0 aliphatic heterocycles. The quantitative estimate of drug-likeness (QED) is 0.0113. The minimum atomic E-state index is -1.24. The number of aromatic nitrogens is 2. The molecule has 0 radical (unpaired) electrons. The number of nitrogens with zero attached hydrogens (tertiary/aromatic N) is 2. The minimum Gasteiger partial charge on any atom is -0.545 e. The number of aromatic carboxylic acids is 2. The van der Waals surface area contributed by atoms with Gasteiger partial charge in [-0.05, 0) is 137 Å². The Labute approximate surface area is 856 Å². The van der Waals surface area contributed by atoms with Crippen molar-refractivity contribution in [3.05, 3.63) is 148 Å². The largest absolute Gasteiger partial charge is 2.00 e. The average Bonchev–Trinajstić information content (AvgIpc) is 1.67. The molecular weight excluding hydrogens is 1900 g/mol. The number of carbonyl (C=O) groups is 8. The van der Waals surface area contributed by atoms with Crippen LogP contribution in [-0.4, -0.2) is 137 Å². The fourth-order valence-electron chi connectivity index (χ4n) is 15.6. The Kier molecular flexibility index (Phi) is 71.2. The predicted molar refractivity (Wildman–Crippen MR) is 548 cm³/mol. The van der Waals surface area contributed by atoms with Crippen LogP contribution < -0.4 is 38.6 Å². The van der Waals surface area contributed by atoms with Crippen LogP contribution in [0.25, 0.3) is 41.6 Å². The third-order valence-electron chi connectivity index (χ3n) is 23.5. The molecule has 0 spiro atoms. The molecule has 2 heterocycles. The third-order valence-corrected chi connectivity index (χ3v) is 25.7. The fourth-order valence-corrected chi connectivity index (χ4v) is 17.5. The van der Waals surface area contributed by atoms with E-state index in [9.17, 15) is 48.6 Å². The molecule has 0 N–H and O–H groups in total. The van der Waals surface area contributed by atoms with Crippen molar-refractivity contribution in [1.29, 1.82) is 0 Å². The number of unbranched alkanes of at least 4 members (excludes halogenated alkanes) is 48. The SMILES string of the molecule is C=CC(=O)OCCCCCCCCCCCOc1cc(-c2nc3cc(C(=O)[O-])ccc3s2)cc(OCCCCCCCCCCCOC(=O)C=C)c1OCCCCCCCCCCCOC(=O)C=C.C=CC(=O)OCCCCCCCCCCCOc1cc(-c2nc3cc(C(=O)[O-])ccc3s2)cc(OCCCCCCCCCCCOC(=O)C=C)c1OCCCCCCCCCCCOC(=O)C=C.[Cd+2]. The van der Waals surface area contributed by atoms with Gasteiger partial charge < -0.3 is 76.6 Å². The monoisotopic (exact) mass is 2060 g/mol. The first-order valence-corrected chi connectivity index (χ1v) is 53.3. The number of benzene rings is 4. The van der Waals surface area contributed by atoms with Crippen LogP contribution in [0.15, 0.2) is 137 Å². The molecule has 0 aliphatic rings. The van der Waals surface area contributed by atoms with Crippen LogP contribution >= 0.6 is 22.7 Å². The molecule has 0 fully saturated rings. The van der Waals surface area contributed by atoms with E-state index in [0.29, 0.717) is 125 Å². The van der Waals surface area contributed by atoms with Crippen LogP contribution in [0.1, 0.15) is 367 Å². The van der Waals surface area contributed by atoms with Gasteiger partial charge in [0.15, 0.2) is 23.0 Å². The van der Waals surface area contributed by atoms with Gasteiger partial charge in [0.2, 0.25) is 11.5 Å². The van der Waals surface area contributed by atoms with Crippen LogP contribution in [0.3, 0.4) is 0 Å². The summed E-state index contributed by atoms with van der Waals surface area (Å²) in [5, 5.41) is 24.7. The second kappa shape index (κ2) is 81.2. The summed E-state index contributed by atoms with van der Waals surface area (Å²) in [5.74, 6) is -0.956. The first kappa shape index (κ1) is 122. The van der Waals surface area contributed by atoms with Gasteiger partial charge in [0.25, 0.3) is 0 Å². The van der Waals surface area contributed by atoms with Crippen LogP contribution in [0.2, 0.25) is 0 Å². The van der Waals surface area contributed by atoms with Gasteiger partial charge in [-0.1, -0.05) is 321 Å². The predicted octanol–water partition coefficient (Wildman–Crippen LogP) is 26.4. The second-order valence-electron chi connectivity index (χ2n) is 35.0. The van der Waals surface area contributed by atoms with E-state index in [-0.39, 0.29) is 74.2 Å². The molecule has 0 saturated carbocycles. The van der Waals surface area contributed by atoms with Crippen LogP contribution in [0.5, 0.6) is 34.5 Å². The fraction of sp³-hybridized carbons (Fsp3) is 0.589. The maximum Gasteiger partial charge on any atom is 2.00 e. The summed E-state index contributed by atoms with van der Waals surface area (Å²) in [6, 6.07) is 17.7. The molecular formula is C112H160CdN2O22S2. The van der Waals surface area contributed by atoms with Crippen molar-refractivity contribution in [2.24, 2.45) is 0 Å². The van der Waals surface area contributed by atoms with Crippen molar-refractivity contribution < 1.29 is 133 Å². The number of ether oxygens (including phenoxy) is 12. The van der Waals surface area contributed by atoms with Crippen LogP contribution in [0.4, 0.5) is 0 Å². The summed E-state index contributed by atoms with van der Waals surface area (Å²) in [7, 11) is 0. The number of esters is 6. The molecule has 0 amide bonds. The average molecular weight is 2060 g/mol. The van der Waals surface area contributed by atoms with Crippen molar-refractivity contribution in [1.82, 2.24) is 9.97 Å². The zero-order valence-electron chi connectivity index (χ0n) is 83.5. The summed E-state index contributed by atoms with van der Waals surface area (Å²) in [4.78, 5) is 100. The Balaban J connectivity index is 0.000000576. The van der Waals surface area contributed by atoms with E-state index >= 15 is 0 Å². The van der Waals surface area contributed by atoms with Gasteiger partial charge in [-0.2, -0.15) is 0 Å². The summed E-state index contributed by atoms with van der Waals surface area (Å²) >= 11 is 2.97. The molecule has 4 aromatic carbocycles. The van der Waals surface area contributed by atoms with Crippen molar-refractivity contribution in [2.45, 2.75) is 347 Å². The summed E-state index contributed by atoms with van der Waals surface area (Å²) in [6.07, 6.45) is 65.0. The van der Waals surface area contributed by atoms with Crippen LogP contribution in [0, 0.1) is 0 Å². The van der Waals surface area contributed by atoms with Crippen LogP contribution in [-0.2, 0) is 84.5 Å². The number of carboxylic acids is 2. The Morgan fingerprint density at radius 1 is 0.237 bits per heavy atom. The summed E-state index contributed by atoms with van der Waals surface area (Å²) in [5.41, 5.74) is 3.00. The summed E-state index contributed by atoms with van der Waals surface area (Å²) < 4.78 is 71.5. The first-order chi connectivity index (χ1) is 67.5. The number of rotatable bonds is 88. The van der Waals surface area contributed by atoms with E-state index in [2.05, 4.69) is 39.5 Å². The number of hydrogen-bond acceptors (Lipinski definition) is 26. The number of fused-ring (bicyclic) bond motifs is 2. The molecule has 2 aromatic heterocycles. The Hall–Kier alpha value is -9.42. The Bertz CT molecular complexity index is 4070. The van der Waals surface area contributed by atoms with Gasteiger partial charge in [-0.3, -0.25) is 0 Å². The van der Waals surface area contributed by atoms with Gasteiger partial charge in [0.1, 0.15) is 10.0 Å². The molecule has 0 atom stereocenters. The molecule has 764 valence electrons. The first-order valence-electron chi connectivity index (χ1n) is 51.6. The Morgan fingerprint density at radius 2 is 0.403 bits per heavy atom. The third kappa shape index (κ3) is 57.9. The zero-order valence-corrected chi connectivity index (χ0v) is 89.2. The smallest absolute Gasteiger partial charge is 0.545 e. The van der Waals surface area contributed by atoms with Gasteiger partial charge in [0, 0.05) is 47.6 Å². The molecule has 0 unspecified atom stereocenters. The van der Waals surface area contributed by atoms with E-state index in [1.54, 1.807) is 36.4 Å². The van der Waals surface area contributed by atoms with E-state index in [1.807, 2.05) is 24.3 Å². The summed E-state index contributed by atoms with van der Waals surface area (Å²) in [6.45, 7) is 26.4. The molecule has 0 saturated heterocycles. The van der Waals surface area contributed by atoms with E-state index in [4.69, 9.17) is 66.8 Å². The maximum absolute atomic E-state index is 11.6. The minimum absolute atomic E-state index is 0. The molecule has 0 aliphatic carbocycles. The van der Waals surface area contributed by atoms with Gasteiger partial charge in [-0.25, -0.2) is 38.7 Å². The maximum atomic E-state index is 11.6. The topological polar surface area (TPSA) is 319 Å². The van der Waals surface area contributed by atoms with Crippen molar-refractivity contribution >= 4 is 90.9 Å². The van der Waals surface area contributed by atoms with Crippen molar-refractivity contribution in [3.8, 4) is 55.6 Å². The molecule has 24 nitrogen and oxygen atoms in total. The molecule has 0 bridgehead atoms. The van der Waals surface area contributed by atoms with Gasteiger partial charge in [-0.15, -0.1) is 22.7 Å². The number of carboxylic acid groups (broad SMARTS) is 2. The van der Waals surface area contributed by atoms with Crippen molar-refractivity contribution in [3.63, 3.8) is 0 Å². The van der Waals surface area contributed by atoms with E-state index in [0.717, 1.165) is 287 Å². The standard InChI is InChI=1S/2C56H81NO11S.Cd/c2*1-4-51(58)65-38-30-24-18-12-7-10-16-22-28-36-63-48-43-46(55-57-47-42-45(56(61)62)34-35-50(47)69-55)44-49(64-37-29-23-17-11-8-13-19-25-31-39-66-52(59)5-2)54(48)68-41-33-27-21-15-9-14-20-26-32-40-67-53(60)6-3;/h2*4-6,34-35,42-44H,1-3,7-33,36-41H2,(H,61,62);/q;;+2/p-2. The number of carbonyl (C=O) groups excluding carboxylic acids is 8. The molecule has 27 heteroatoms. The van der Waals surface area contributed by atoms with E-state index < -0.39 is 11.9 Å².